The summed E-state index contributed by atoms with van der Waals surface area (Å²) in [6.45, 7) is 6.41. The minimum Gasteiger partial charge on any atom is -0.392 e. The van der Waals surface area contributed by atoms with Crippen LogP contribution in [0.2, 0.25) is 0 Å². The van der Waals surface area contributed by atoms with Gasteiger partial charge < -0.3 is 9.51 Å². The minimum absolute atomic E-state index is 0.0477. The summed E-state index contributed by atoms with van der Waals surface area (Å²) in [5.41, 5.74) is 7.73. The third kappa shape index (κ3) is 2.10. The summed E-state index contributed by atoms with van der Waals surface area (Å²) in [5, 5.41) is 9.21. The molecule has 2 aromatic heterocycles. The molecule has 1 N–H and O–H groups in total. The molecule has 0 radical (unpaired) electrons. The van der Waals surface area contributed by atoms with Crippen molar-refractivity contribution in [1.82, 2.24) is 9.38 Å². The van der Waals surface area contributed by atoms with E-state index in [-0.39, 0.29) is 6.61 Å². The zero-order chi connectivity index (χ0) is 14.3. The van der Waals surface area contributed by atoms with Gasteiger partial charge in [0.1, 0.15) is 5.65 Å². The molecule has 0 saturated carbocycles. The van der Waals surface area contributed by atoms with Crippen LogP contribution in [-0.4, -0.2) is 14.5 Å². The second kappa shape index (κ2) is 4.76. The fourth-order valence-electron chi connectivity index (χ4n) is 2.84. The van der Waals surface area contributed by atoms with Gasteiger partial charge in [0.15, 0.2) is 0 Å². The zero-order valence-electron chi connectivity index (χ0n) is 12.0. The first kappa shape index (κ1) is 12.9. The first-order chi connectivity index (χ1) is 9.58. The van der Waals surface area contributed by atoms with Crippen molar-refractivity contribution in [2.24, 2.45) is 0 Å². The molecule has 3 rings (SSSR count). The lowest BCUT2D eigenvalue weighted by molar-refractivity contribution is 0.281. The number of hydrogen-bond acceptors (Lipinski definition) is 2. The van der Waals surface area contributed by atoms with Crippen LogP contribution in [-0.2, 0) is 6.61 Å². The third-order valence-electron chi connectivity index (χ3n) is 3.63. The van der Waals surface area contributed by atoms with E-state index in [9.17, 15) is 5.11 Å². The van der Waals surface area contributed by atoms with Gasteiger partial charge in [-0.15, -0.1) is 0 Å². The predicted octanol–water partition coefficient (Wildman–Crippen LogP) is 3.42. The van der Waals surface area contributed by atoms with Crippen molar-refractivity contribution in [3.8, 4) is 11.3 Å². The lowest BCUT2D eigenvalue weighted by Crippen LogP contribution is -1.90. The lowest BCUT2D eigenvalue weighted by Gasteiger charge is -2.08. The van der Waals surface area contributed by atoms with Gasteiger partial charge in [-0.25, -0.2) is 4.98 Å². The predicted molar refractivity (Wildman–Crippen MR) is 80.8 cm³/mol. The van der Waals surface area contributed by atoms with Gasteiger partial charge in [0.25, 0.3) is 0 Å². The maximum atomic E-state index is 9.21. The van der Waals surface area contributed by atoms with Crippen LogP contribution in [0.25, 0.3) is 16.9 Å². The molecule has 3 heteroatoms. The van der Waals surface area contributed by atoms with E-state index in [0.29, 0.717) is 0 Å². The summed E-state index contributed by atoms with van der Waals surface area (Å²) in [4.78, 5) is 4.69. The average Bonchev–Trinajstić information content (AvgIpc) is 2.79. The molecule has 0 fully saturated rings. The minimum atomic E-state index is 0.0477. The van der Waals surface area contributed by atoms with Crippen LogP contribution < -0.4 is 0 Å². The maximum Gasteiger partial charge on any atom is 0.137 e. The number of imidazole rings is 1. The quantitative estimate of drug-likeness (QED) is 0.771. The van der Waals surface area contributed by atoms with Gasteiger partial charge >= 0.3 is 0 Å². The number of aliphatic hydroxyl groups is 1. The first-order valence-electron chi connectivity index (χ1n) is 6.75. The second-order valence-electron chi connectivity index (χ2n) is 5.36. The highest BCUT2D eigenvalue weighted by molar-refractivity contribution is 5.70. The van der Waals surface area contributed by atoms with Gasteiger partial charge in [0.2, 0.25) is 0 Å². The molecule has 0 spiro atoms. The lowest BCUT2D eigenvalue weighted by atomic mass is 9.98. The SMILES string of the molecule is Cc1cc(C)c(-c2cn3cc(CO)ccc3n2)c(C)c1. The molecule has 0 saturated heterocycles. The van der Waals surface area contributed by atoms with Gasteiger partial charge in [-0.3, -0.25) is 0 Å². The van der Waals surface area contributed by atoms with E-state index in [2.05, 4.69) is 32.9 Å². The topological polar surface area (TPSA) is 37.5 Å². The Bertz CT molecular complexity index is 764. The van der Waals surface area contributed by atoms with Gasteiger partial charge in [0.05, 0.1) is 12.3 Å². The van der Waals surface area contributed by atoms with Crippen molar-refractivity contribution in [1.29, 1.82) is 0 Å². The van der Waals surface area contributed by atoms with Crippen LogP contribution in [0.5, 0.6) is 0 Å². The largest absolute Gasteiger partial charge is 0.392 e. The summed E-state index contributed by atoms with van der Waals surface area (Å²) in [7, 11) is 0. The molecule has 1 aromatic carbocycles. The molecule has 3 nitrogen and oxygen atoms in total. The van der Waals surface area contributed by atoms with Crippen LogP contribution in [0.1, 0.15) is 22.3 Å². The van der Waals surface area contributed by atoms with Gasteiger partial charge in [0, 0.05) is 18.0 Å². The number of pyridine rings is 1. The molecule has 0 amide bonds. The molecule has 0 aliphatic rings. The Morgan fingerprint density at radius 1 is 1.05 bits per heavy atom. The van der Waals surface area contributed by atoms with Gasteiger partial charge in [-0.2, -0.15) is 0 Å². The Morgan fingerprint density at radius 2 is 1.75 bits per heavy atom. The zero-order valence-corrected chi connectivity index (χ0v) is 12.0. The smallest absolute Gasteiger partial charge is 0.137 e. The van der Waals surface area contributed by atoms with Crippen LogP contribution in [0.4, 0.5) is 0 Å². The summed E-state index contributed by atoms with van der Waals surface area (Å²) < 4.78 is 1.97. The molecule has 0 bridgehead atoms. The molecular weight excluding hydrogens is 248 g/mol. The highest BCUT2D eigenvalue weighted by Crippen LogP contribution is 2.28. The summed E-state index contributed by atoms with van der Waals surface area (Å²) in [6.07, 6.45) is 3.95. The Morgan fingerprint density at radius 3 is 2.40 bits per heavy atom. The number of nitrogens with zero attached hydrogens (tertiary/aromatic N) is 2. The third-order valence-corrected chi connectivity index (χ3v) is 3.63. The Labute approximate surface area is 118 Å². The highest BCUT2D eigenvalue weighted by atomic mass is 16.3. The average molecular weight is 266 g/mol. The normalized spacial score (nSPS) is 11.2. The van der Waals surface area contributed by atoms with E-state index in [4.69, 9.17) is 4.98 Å². The van der Waals surface area contributed by atoms with Crippen molar-refractivity contribution in [3.05, 3.63) is 58.9 Å². The highest BCUT2D eigenvalue weighted by Gasteiger charge is 2.10. The standard InChI is InChI=1S/C17H18N2O/c1-11-6-12(2)17(13(3)7-11)15-9-19-8-14(10-20)4-5-16(19)18-15/h4-9,20H,10H2,1-3H3. The van der Waals surface area contributed by atoms with Crippen molar-refractivity contribution in [2.75, 3.05) is 0 Å². The van der Waals surface area contributed by atoms with E-state index in [1.807, 2.05) is 28.9 Å². The van der Waals surface area contributed by atoms with Crippen molar-refractivity contribution in [3.63, 3.8) is 0 Å². The van der Waals surface area contributed by atoms with Gasteiger partial charge in [-0.1, -0.05) is 23.8 Å². The summed E-state index contributed by atoms with van der Waals surface area (Å²) in [5.74, 6) is 0. The second-order valence-corrected chi connectivity index (χ2v) is 5.36. The van der Waals surface area contributed by atoms with Crippen molar-refractivity contribution in [2.45, 2.75) is 27.4 Å². The summed E-state index contributed by atoms with van der Waals surface area (Å²) >= 11 is 0. The number of aryl methyl sites for hydroxylation is 3. The van der Waals surface area contributed by atoms with Crippen LogP contribution in [0, 0.1) is 20.8 Å². The van der Waals surface area contributed by atoms with E-state index in [1.54, 1.807) is 0 Å². The molecule has 0 atom stereocenters. The van der Waals surface area contributed by atoms with Crippen LogP contribution >= 0.6 is 0 Å². The van der Waals surface area contributed by atoms with E-state index < -0.39 is 0 Å². The van der Waals surface area contributed by atoms with Crippen molar-refractivity contribution >= 4 is 5.65 Å². The first-order valence-corrected chi connectivity index (χ1v) is 6.75. The maximum absolute atomic E-state index is 9.21. The molecule has 2 heterocycles. The Balaban J connectivity index is 2.20. The fraction of sp³-hybridized carbons (Fsp3) is 0.235. The number of aliphatic hydroxyl groups excluding tert-OH is 1. The molecule has 0 aliphatic heterocycles. The molecule has 102 valence electrons. The monoisotopic (exact) mass is 266 g/mol. The summed E-state index contributed by atoms with van der Waals surface area (Å²) in [6, 6.07) is 8.21. The Hall–Kier alpha value is -2.13. The molecule has 20 heavy (non-hydrogen) atoms. The van der Waals surface area contributed by atoms with Crippen LogP contribution in [0.3, 0.4) is 0 Å². The number of aromatic nitrogens is 2. The fourth-order valence-corrected chi connectivity index (χ4v) is 2.84. The van der Waals surface area contributed by atoms with Gasteiger partial charge in [-0.05, 0) is 43.5 Å². The Kier molecular flexibility index (Phi) is 3.07. The van der Waals surface area contributed by atoms with Crippen molar-refractivity contribution < 1.29 is 5.11 Å². The number of benzene rings is 1. The molecule has 0 unspecified atom stereocenters. The number of fused-ring (bicyclic) bond motifs is 1. The number of hydrogen-bond donors (Lipinski definition) is 1. The van der Waals surface area contributed by atoms with Crippen LogP contribution in [0.15, 0.2) is 36.7 Å². The molecule has 3 aromatic rings. The van der Waals surface area contributed by atoms with E-state index >= 15 is 0 Å². The molecular formula is C17H18N2O. The van der Waals surface area contributed by atoms with E-state index in [0.717, 1.165) is 16.9 Å². The number of rotatable bonds is 2. The van der Waals surface area contributed by atoms with E-state index in [1.165, 1.54) is 22.3 Å². The molecule has 0 aliphatic carbocycles.